The van der Waals surface area contributed by atoms with Gasteiger partial charge in [-0.15, -0.1) is 0 Å². The number of hydrogen-bond acceptors (Lipinski definition) is 6. The summed E-state index contributed by atoms with van der Waals surface area (Å²) in [6.07, 6.45) is 0. The second kappa shape index (κ2) is 8.43. The van der Waals surface area contributed by atoms with Crippen LogP contribution < -0.4 is 9.50 Å². The minimum absolute atomic E-state index is 0.108. The van der Waals surface area contributed by atoms with Gasteiger partial charge < -0.3 is 14.6 Å². The second-order valence-electron chi connectivity index (χ2n) is 4.42. The van der Waals surface area contributed by atoms with Gasteiger partial charge in [-0.05, 0) is 17.9 Å². The zero-order chi connectivity index (χ0) is 19.3. The van der Waals surface area contributed by atoms with Gasteiger partial charge in [0, 0.05) is 12.3 Å². The van der Waals surface area contributed by atoms with Crippen molar-refractivity contribution in [2.75, 3.05) is 18.1 Å². The van der Waals surface area contributed by atoms with E-state index in [1.165, 1.54) is 11.8 Å². The van der Waals surface area contributed by atoms with E-state index in [2.05, 4.69) is 9.50 Å². The fourth-order valence-electron chi connectivity index (χ4n) is 1.65. The van der Waals surface area contributed by atoms with Crippen molar-refractivity contribution in [3.8, 4) is 5.75 Å². The molecule has 7 nitrogen and oxygen atoms in total. The third kappa shape index (κ3) is 5.53. The van der Waals surface area contributed by atoms with Crippen LogP contribution >= 0.6 is 11.8 Å². The Kier molecular flexibility index (Phi) is 7.11. The molecule has 1 aromatic rings. The van der Waals surface area contributed by atoms with Gasteiger partial charge >= 0.3 is 21.6 Å². The van der Waals surface area contributed by atoms with E-state index in [0.717, 1.165) is 24.0 Å². The number of carbonyl (C=O) groups is 2. The van der Waals surface area contributed by atoms with Crippen molar-refractivity contribution in [3.05, 3.63) is 29.3 Å². The van der Waals surface area contributed by atoms with E-state index in [-0.39, 0.29) is 6.54 Å². The van der Waals surface area contributed by atoms with Crippen molar-refractivity contribution in [2.45, 2.75) is 12.4 Å². The number of halogens is 3. The van der Waals surface area contributed by atoms with Crippen LogP contribution in [0.4, 0.5) is 13.2 Å². The van der Waals surface area contributed by atoms with Crippen molar-refractivity contribution in [2.24, 2.45) is 0 Å². The van der Waals surface area contributed by atoms with Gasteiger partial charge in [0.05, 0.1) is 11.1 Å². The molecule has 0 radical (unpaired) electrons. The lowest BCUT2D eigenvalue weighted by Gasteiger charge is -2.14. The van der Waals surface area contributed by atoms with Gasteiger partial charge in [-0.3, -0.25) is 4.79 Å². The molecule has 0 saturated heterocycles. The number of hydrogen-bond donors (Lipinski definition) is 2. The molecule has 0 unspecified atom stereocenters. The molecule has 25 heavy (non-hydrogen) atoms. The number of carboxylic acid groups (broad SMARTS) is 1. The first-order valence-electron chi connectivity index (χ1n) is 6.74. The highest BCUT2D eigenvalue weighted by Gasteiger charge is 2.49. The van der Waals surface area contributed by atoms with Crippen LogP contribution in [-0.2, 0) is 10.1 Å². The van der Waals surface area contributed by atoms with Crippen molar-refractivity contribution in [3.63, 3.8) is 0 Å². The average Bonchev–Trinajstić information content (AvgIpc) is 2.49. The van der Waals surface area contributed by atoms with Gasteiger partial charge in [0.25, 0.3) is 5.91 Å². The normalized spacial score (nSPS) is 11.8. The maximum atomic E-state index is 12.5. The molecular weight excluding hydrogens is 387 g/mol. The largest absolute Gasteiger partial charge is 0.534 e. The zero-order valence-electron chi connectivity index (χ0n) is 12.8. The maximum absolute atomic E-state index is 12.5. The molecule has 0 aliphatic heterocycles. The molecule has 140 valence electrons. The minimum Gasteiger partial charge on any atom is -0.478 e. The lowest BCUT2D eigenvalue weighted by Crippen LogP contribution is -2.31. The lowest BCUT2D eigenvalue weighted by molar-refractivity contribution is -0.0500. The molecule has 0 aromatic heterocycles. The topological polar surface area (TPSA) is 110 Å². The van der Waals surface area contributed by atoms with Gasteiger partial charge in [-0.1, -0.05) is 13.0 Å². The molecule has 0 spiro atoms. The summed E-state index contributed by atoms with van der Waals surface area (Å²) >= 11 is 1.47. The molecule has 0 saturated carbocycles. The number of benzene rings is 1. The fourth-order valence-corrected chi connectivity index (χ4v) is 2.65. The smallest absolute Gasteiger partial charge is 0.478 e. The highest BCUT2D eigenvalue weighted by Crippen LogP contribution is 2.30. The molecule has 0 aliphatic rings. The summed E-state index contributed by atoms with van der Waals surface area (Å²) in [5.74, 6) is -2.45. The van der Waals surface area contributed by atoms with Crippen molar-refractivity contribution >= 4 is 33.8 Å². The Balaban J connectivity index is 3.24. The average molecular weight is 401 g/mol. The molecule has 0 aliphatic carbocycles. The van der Waals surface area contributed by atoms with Crippen LogP contribution in [0.5, 0.6) is 5.75 Å². The van der Waals surface area contributed by atoms with Gasteiger partial charge in [0.2, 0.25) is 0 Å². The highest BCUT2D eigenvalue weighted by atomic mass is 32.2. The third-order valence-corrected chi connectivity index (χ3v) is 4.57. The SMILES string of the molecule is CCSCCNC(=O)c1c(OS(=O)(=O)C(F)(F)F)cccc1C(=O)O. The Morgan fingerprint density at radius 1 is 1.32 bits per heavy atom. The molecular formula is C13H14F3NO6S2. The molecule has 12 heteroatoms. The number of thioether (sulfide) groups is 1. The van der Waals surface area contributed by atoms with Crippen LogP contribution in [0.3, 0.4) is 0 Å². The predicted molar refractivity (Wildman–Crippen MR) is 84.3 cm³/mol. The molecule has 0 fully saturated rings. The van der Waals surface area contributed by atoms with Gasteiger partial charge in [0.1, 0.15) is 0 Å². The molecule has 0 atom stereocenters. The molecule has 0 heterocycles. The number of carbonyl (C=O) groups excluding carboxylic acids is 1. The van der Waals surface area contributed by atoms with Crippen molar-refractivity contribution < 1.29 is 40.5 Å². The lowest BCUT2D eigenvalue weighted by atomic mass is 10.1. The predicted octanol–water partition coefficient (Wildman–Crippen LogP) is 2.10. The van der Waals surface area contributed by atoms with Crippen LogP contribution in [0, 0.1) is 0 Å². The van der Waals surface area contributed by atoms with E-state index in [0.29, 0.717) is 5.75 Å². The van der Waals surface area contributed by atoms with Crippen molar-refractivity contribution in [1.82, 2.24) is 5.32 Å². The maximum Gasteiger partial charge on any atom is 0.534 e. The first-order valence-corrected chi connectivity index (χ1v) is 9.30. The van der Waals surface area contributed by atoms with Gasteiger partial charge in [-0.2, -0.15) is 33.4 Å². The van der Waals surface area contributed by atoms with E-state index in [4.69, 9.17) is 5.11 Å². The second-order valence-corrected chi connectivity index (χ2v) is 7.35. The summed E-state index contributed by atoms with van der Waals surface area (Å²) in [6.45, 7) is 1.98. The number of nitrogens with one attached hydrogen (secondary N) is 1. The van der Waals surface area contributed by atoms with Crippen LogP contribution in [0.1, 0.15) is 27.6 Å². The first kappa shape index (κ1) is 21.1. The van der Waals surface area contributed by atoms with Crippen LogP contribution in [-0.4, -0.2) is 49.0 Å². The number of rotatable bonds is 8. The summed E-state index contributed by atoms with van der Waals surface area (Å²) < 4.78 is 63.6. The standard InChI is InChI=1S/C13H14F3NO6S2/c1-2-24-7-6-17-11(18)10-8(12(19)20)4-3-5-9(10)23-25(21,22)13(14,15)16/h3-5H,2,6-7H2,1H3,(H,17,18)(H,19,20). The summed E-state index contributed by atoms with van der Waals surface area (Å²) in [7, 11) is -6.06. The molecule has 1 aromatic carbocycles. The summed E-state index contributed by atoms with van der Waals surface area (Å²) in [4.78, 5) is 23.4. The van der Waals surface area contributed by atoms with E-state index in [1.54, 1.807) is 0 Å². The summed E-state index contributed by atoms with van der Waals surface area (Å²) in [5.41, 5.74) is -7.21. The van der Waals surface area contributed by atoms with Gasteiger partial charge in [0.15, 0.2) is 5.75 Å². The third-order valence-electron chi connectivity index (χ3n) is 2.70. The number of amides is 1. The molecule has 1 rings (SSSR count). The molecule has 0 bridgehead atoms. The van der Waals surface area contributed by atoms with Crippen LogP contribution in [0.25, 0.3) is 0 Å². The Morgan fingerprint density at radius 2 is 1.96 bits per heavy atom. The first-order chi connectivity index (χ1) is 11.5. The van der Waals surface area contributed by atoms with E-state index in [9.17, 15) is 31.2 Å². The Bertz CT molecular complexity index is 749. The molecule has 1 amide bonds. The van der Waals surface area contributed by atoms with E-state index < -0.39 is 44.4 Å². The highest BCUT2D eigenvalue weighted by molar-refractivity contribution is 7.99. The van der Waals surface area contributed by atoms with Crippen LogP contribution in [0.15, 0.2) is 18.2 Å². The fraction of sp³-hybridized carbons (Fsp3) is 0.385. The van der Waals surface area contributed by atoms with Gasteiger partial charge in [-0.25, -0.2) is 4.79 Å². The zero-order valence-corrected chi connectivity index (χ0v) is 14.4. The van der Waals surface area contributed by atoms with E-state index in [1.807, 2.05) is 6.92 Å². The Hall–Kier alpha value is -1.95. The molecule has 2 N–H and O–H groups in total. The Morgan fingerprint density at radius 3 is 2.48 bits per heavy atom. The Labute approximate surface area is 145 Å². The summed E-state index contributed by atoms with van der Waals surface area (Å²) in [5, 5.41) is 11.4. The number of aromatic carboxylic acids is 1. The number of alkyl halides is 3. The van der Waals surface area contributed by atoms with E-state index >= 15 is 0 Å². The summed E-state index contributed by atoms with van der Waals surface area (Å²) in [6, 6.07) is 2.69. The van der Waals surface area contributed by atoms with Crippen molar-refractivity contribution in [1.29, 1.82) is 0 Å². The minimum atomic E-state index is -6.06. The quantitative estimate of drug-likeness (QED) is 0.390. The number of carboxylic acids is 1. The van der Waals surface area contributed by atoms with Crippen LogP contribution in [0.2, 0.25) is 0 Å². The monoisotopic (exact) mass is 401 g/mol.